The molecule has 19 heavy (non-hydrogen) atoms. The summed E-state index contributed by atoms with van der Waals surface area (Å²) < 4.78 is 5.73. The third-order valence-corrected chi connectivity index (χ3v) is 4.27. The Hall–Kier alpha value is -1.36. The molecule has 104 valence electrons. The van der Waals surface area contributed by atoms with Crippen molar-refractivity contribution in [3.8, 4) is 5.88 Å². The normalized spacial score (nSPS) is 26.6. The van der Waals surface area contributed by atoms with Crippen LogP contribution >= 0.6 is 0 Å². The SMILES string of the molecule is NCC1CCCC1COc1cc(=O)[nH]c(C2CC2)n1. The van der Waals surface area contributed by atoms with Crippen molar-refractivity contribution in [3.05, 3.63) is 22.2 Å². The van der Waals surface area contributed by atoms with Crippen LogP contribution in [0.15, 0.2) is 10.9 Å². The van der Waals surface area contributed by atoms with Gasteiger partial charge in [-0.3, -0.25) is 4.79 Å². The van der Waals surface area contributed by atoms with Crippen LogP contribution < -0.4 is 16.0 Å². The van der Waals surface area contributed by atoms with E-state index in [0.717, 1.165) is 25.2 Å². The third-order valence-electron chi connectivity index (χ3n) is 4.27. The number of rotatable bonds is 5. The van der Waals surface area contributed by atoms with Crippen molar-refractivity contribution < 1.29 is 4.74 Å². The lowest BCUT2D eigenvalue weighted by Gasteiger charge is -2.17. The van der Waals surface area contributed by atoms with Gasteiger partial charge in [0.25, 0.3) is 5.56 Å². The molecule has 0 saturated heterocycles. The average molecular weight is 263 g/mol. The Kier molecular flexibility index (Phi) is 3.55. The predicted molar refractivity (Wildman–Crippen MR) is 72.2 cm³/mol. The van der Waals surface area contributed by atoms with Gasteiger partial charge in [0.2, 0.25) is 5.88 Å². The van der Waals surface area contributed by atoms with E-state index >= 15 is 0 Å². The van der Waals surface area contributed by atoms with Gasteiger partial charge in [-0.1, -0.05) is 6.42 Å². The number of nitrogens with one attached hydrogen (secondary N) is 1. The minimum atomic E-state index is -0.117. The zero-order chi connectivity index (χ0) is 13.2. The van der Waals surface area contributed by atoms with Crippen molar-refractivity contribution >= 4 is 0 Å². The Balaban J connectivity index is 1.64. The van der Waals surface area contributed by atoms with Crippen LogP contribution in [0.5, 0.6) is 5.88 Å². The van der Waals surface area contributed by atoms with Gasteiger partial charge >= 0.3 is 0 Å². The van der Waals surface area contributed by atoms with Crippen molar-refractivity contribution in [2.24, 2.45) is 17.6 Å². The zero-order valence-corrected chi connectivity index (χ0v) is 11.1. The molecule has 2 saturated carbocycles. The van der Waals surface area contributed by atoms with E-state index in [9.17, 15) is 4.79 Å². The molecule has 2 unspecified atom stereocenters. The van der Waals surface area contributed by atoms with Crippen molar-refractivity contribution in [1.82, 2.24) is 9.97 Å². The van der Waals surface area contributed by atoms with Crippen LogP contribution in [0.4, 0.5) is 0 Å². The highest BCUT2D eigenvalue weighted by molar-refractivity contribution is 5.14. The van der Waals surface area contributed by atoms with Gasteiger partial charge in [-0.15, -0.1) is 0 Å². The zero-order valence-electron chi connectivity index (χ0n) is 11.1. The van der Waals surface area contributed by atoms with E-state index in [1.165, 1.54) is 25.3 Å². The summed E-state index contributed by atoms with van der Waals surface area (Å²) in [5.74, 6) is 2.75. The summed E-state index contributed by atoms with van der Waals surface area (Å²) in [5, 5.41) is 0. The van der Waals surface area contributed by atoms with E-state index in [0.29, 0.717) is 30.2 Å². The Morgan fingerprint density at radius 1 is 1.32 bits per heavy atom. The van der Waals surface area contributed by atoms with Crippen LogP contribution in [-0.2, 0) is 0 Å². The van der Waals surface area contributed by atoms with Gasteiger partial charge in [-0.25, -0.2) is 0 Å². The summed E-state index contributed by atoms with van der Waals surface area (Å²) in [7, 11) is 0. The Morgan fingerprint density at radius 3 is 2.84 bits per heavy atom. The average Bonchev–Trinajstić information content (AvgIpc) is 3.15. The lowest BCUT2D eigenvalue weighted by atomic mass is 9.97. The molecule has 1 aromatic rings. The molecule has 3 rings (SSSR count). The summed E-state index contributed by atoms with van der Waals surface area (Å²) in [5.41, 5.74) is 5.65. The maximum Gasteiger partial charge on any atom is 0.254 e. The van der Waals surface area contributed by atoms with Crippen LogP contribution in [0, 0.1) is 11.8 Å². The smallest absolute Gasteiger partial charge is 0.254 e. The predicted octanol–water partition coefficient (Wildman–Crippen LogP) is 1.40. The van der Waals surface area contributed by atoms with Crippen molar-refractivity contribution in [1.29, 1.82) is 0 Å². The topological polar surface area (TPSA) is 81.0 Å². The number of aromatic amines is 1. The Bertz CT molecular complexity index is 496. The van der Waals surface area contributed by atoms with E-state index in [1.54, 1.807) is 0 Å². The molecule has 2 aliphatic carbocycles. The lowest BCUT2D eigenvalue weighted by molar-refractivity contribution is 0.209. The van der Waals surface area contributed by atoms with Gasteiger partial charge < -0.3 is 15.5 Å². The number of nitrogens with two attached hydrogens (primary N) is 1. The van der Waals surface area contributed by atoms with Gasteiger partial charge in [0.15, 0.2) is 0 Å². The summed E-state index contributed by atoms with van der Waals surface area (Å²) >= 11 is 0. The molecule has 5 heteroatoms. The highest BCUT2D eigenvalue weighted by Crippen LogP contribution is 2.38. The van der Waals surface area contributed by atoms with Crippen molar-refractivity contribution in [2.45, 2.75) is 38.0 Å². The second-order valence-electron chi connectivity index (χ2n) is 5.74. The van der Waals surface area contributed by atoms with Gasteiger partial charge in [-0.05, 0) is 44.1 Å². The Morgan fingerprint density at radius 2 is 2.11 bits per heavy atom. The van der Waals surface area contributed by atoms with Crippen molar-refractivity contribution in [2.75, 3.05) is 13.2 Å². The fourth-order valence-electron chi connectivity index (χ4n) is 2.91. The molecule has 1 heterocycles. The van der Waals surface area contributed by atoms with Gasteiger partial charge in [0.1, 0.15) is 5.82 Å². The van der Waals surface area contributed by atoms with Crippen LogP contribution in [0.25, 0.3) is 0 Å². The second kappa shape index (κ2) is 5.33. The summed E-state index contributed by atoms with van der Waals surface area (Å²) in [6.45, 7) is 1.35. The minimum absolute atomic E-state index is 0.117. The van der Waals surface area contributed by atoms with Crippen LogP contribution in [0.1, 0.15) is 43.8 Å². The quantitative estimate of drug-likeness (QED) is 0.841. The molecule has 1 aromatic heterocycles. The molecular weight excluding hydrogens is 242 g/mol. The first-order valence-electron chi connectivity index (χ1n) is 7.20. The largest absolute Gasteiger partial charge is 0.477 e. The molecule has 0 amide bonds. The first kappa shape index (κ1) is 12.7. The Labute approximate surface area is 112 Å². The molecule has 0 spiro atoms. The summed E-state index contributed by atoms with van der Waals surface area (Å²) in [4.78, 5) is 18.8. The fourth-order valence-corrected chi connectivity index (χ4v) is 2.91. The number of H-pyrrole nitrogens is 1. The summed E-state index contributed by atoms with van der Waals surface area (Å²) in [6, 6.07) is 1.44. The molecule has 3 N–H and O–H groups in total. The van der Waals surface area contributed by atoms with E-state index in [4.69, 9.17) is 10.5 Å². The number of aromatic nitrogens is 2. The van der Waals surface area contributed by atoms with Crippen LogP contribution in [0.2, 0.25) is 0 Å². The number of ether oxygens (including phenoxy) is 1. The molecule has 0 aromatic carbocycles. The molecule has 5 nitrogen and oxygen atoms in total. The second-order valence-corrected chi connectivity index (χ2v) is 5.74. The molecule has 0 radical (unpaired) electrons. The van der Waals surface area contributed by atoms with Gasteiger partial charge in [0, 0.05) is 5.92 Å². The third kappa shape index (κ3) is 2.97. The molecule has 2 aliphatic rings. The first-order chi connectivity index (χ1) is 9.26. The van der Waals surface area contributed by atoms with E-state index in [-0.39, 0.29) is 5.56 Å². The molecule has 2 atom stereocenters. The highest BCUT2D eigenvalue weighted by Gasteiger charge is 2.28. The van der Waals surface area contributed by atoms with E-state index < -0.39 is 0 Å². The summed E-state index contributed by atoms with van der Waals surface area (Å²) in [6.07, 6.45) is 5.82. The molecule has 2 fully saturated rings. The number of hydrogen-bond acceptors (Lipinski definition) is 4. The fraction of sp³-hybridized carbons (Fsp3) is 0.714. The number of hydrogen-bond donors (Lipinski definition) is 2. The van der Waals surface area contributed by atoms with E-state index in [2.05, 4.69) is 9.97 Å². The molecule has 0 bridgehead atoms. The van der Waals surface area contributed by atoms with Crippen LogP contribution in [-0.4, -0.2) is 23.1 Å². The maximum absolute atomic E-state index is 11.6. The molecule has 0 aliphatic heterocycles. The molecular formula is C14H21N3O2. The number of nitrogens with zero attached hydrogens (tertiary/aromatic N) is 1. The highest BCUT2D eigenvalue weighted by atomic mass is 16.5. The minimum Gasteiger partial charge on any atom is -0.477 e. The van der Waals surface area contributed by atoms with Gasteiger partial charge in [-0.2, -0.15) is 4.98 Å². The van der Waals surface area contributed by atoms with Crippen molar-refractivity contribution in [3.63, 3.8) is 0 Å². The standard InChI is InChI=1S/C14H21N3O2/c15-7-10-2-1-3-11(10)8-19-13-6-12(18)16-14(17-13)9-4-5-9/h6,9-11H,1-5,7-8,15H2,(H,16,17,18). The van der Waals surface area contributed by atoms with E-state index in [1.807, 2.05) is 0 Å². The van der Waals surface area contributed by atoms with Gasteiger partial charge in [0.05, 0.1) is 12.7 Å². The lowest BCUT2D eigenvalue weighted by Crippen LogP contribution is -2.24. The maximum atomic E-state index is 11.6. The monoisotopic (exact) mass is 263 g/mol. The van der Waals surface area contributed by atoms with Crippen LogP contribution in [0.3, 0.4) is 0 Å². The first-order valence-corrected chi connectivity index (χ1v) is 7.20.